The highest BCUT2D eigenvalue weighted by Crippen LogP contribution is 2.34. The van der Waals surface area contributed by atoms with E-state index in [0.717, 1.165) is 32.5 Å². The van der Waals surface area contributed by atoms with Gasteiger partial charge in [0.15, 0.2) is 0 Å². The summed E-state index contributed by atoms with van der Waals surface area (Å²) < 4.78 is 19.2. The van der Waals surface area contributed by atoms with E-state index in [0.29, 0.717) is 35.7 Å². The van der Waals surface area contributed by atoms with E-state index in [1.54, 1.807) is 12.1 Å². The van der Waals surface area contributed by atoms with Gasteiger partial charge in [-0.1, -0.05) is 12.5 Å². The largest absolute Gasteiger partial charge is 0.419 e. The normalized spacial score (nSPS) is 25.8. The summed E-state index contributed by atoms with van der Waals surface area (Å²) in [7, 11) is 0. The number of hydrogen-bond acceptors (Lipinski definition) is 5. The van der Waals surface area contributed by atoms with Crippen LogP contribution in [0, 0.1) is 17.7 Å². The summed E-state index contributed by atoms with van der Waals surface area (Å²) in [5.41, 5.74) is 0.580. The Kier molecular flexibility index (Phi) is 4.62. The first-order valence-electron chi connectivity index (χ1n) is 10.3. The Morgan fingerprint density at radius 1 is 1.14 bits per heavy atom. The van der Waals surface area contributed by atoms with Crippen LogP contribution in [0.25, 0.3) is 11.5 Å². The molecule has 28 heavy (non-hydrogen) atoms. The molecule has 2 unspecified atom stereocenters. The number of benzene rings is 1. The molecule has 1 aromatic carbocycles. The zero-order valence-electron chi connectivity index (χ0n) is 15.9. The van der Waals surface area contributed by atoms with E-state index in [1.807, 2.05) is 0 Å². The predicted octanol–water partition coefficient (Wildman–Crippen LogP) is 3.10. The fourth-order valence-electron chi connectivity index (χ4n) is 4.70. The number of nitrogens with zero attached hydrogens (tertiary/aromatic N) is 4. The smallest absolute Gasteiger partial charge is 0.247 e. The minimum Gasteiger partial charge on any atom is -0.419 e. The summed E-state index contributed by atoms with van der Waals surface area (Å²) in [5, 5.41) is 8.22. The molecule has 1 saturated carbocycles. The Morgan fingerprint density at radius 2 is 2.04 bits per heavy atom. The highest BCUT2D eigenvalue weighted by atomic mass is 19.1. The van der Waals surface area contributed by atoms with E-state index in [2.05, 4.69) is 20.0 Å². The van der Waals surface area contributed by atoms with Gasteiger partial charge in [-0.15, -0.1) is 10.2 Å². The van der Waals surface area contributed by atoms with Gasteiger partial charge in [0, 0.05) is 31.2 Å². The molecule has 3 saturated heterocycles. The lowest BCUT2D eigenvalue weighted by atomic mass is 9.83. The lowest BCUT2D eigenvalue weighted by Gasteiger charge is -2.40. The van der Waals surface area contributed by atoms with Gasteiger partial charge >= 0.3 is 0 Å². The standard InChI is InChI=1S/C21H25FN4O2/c22-17-6-2-5-15(9-17)20-24-23-19(28-20)13-25-11-16-7-8-18(12-25)26(21(16)27)10-14-3-1-4-14/h2,5-6,9,14,16,18H,1,3-4,7-8,10-13H2. The maximum Gasteiger partial charge on any atom is 0.247 e. The molecule has 1 aromatic heterocycles. The molecule has 3 aliphatic heterocycles. The van der Waals surface area contributed by atoms with Crippen molar-refractivity contribution in [3.05, 3.63) is 36.0 Å². The number of halogens is 1. The Bertz CT molecular complexity index is 866. The van der Waals surface area contributed by atoms with Crippen molar-refractivity contribution in [3.8, 4) is 11.5 Å². The predicted molar refractivity (Wildman–Crippen MR) is 101 cm³/mol. The molecule has 1 amide bonds. The first-order valence-corrected chi connectivity index (χ1v) is 10.3. The van der Waals surface area contributed by atoms with Crippen molar-refractivity contribution in [2.75, 3.05) is 19.6 Å². The molecule has 0 radical (unpaired) electrons. The monoisotopic (exact) mass is 384 g/mol. The van der Waals surface area contributed by atoms with Gasteiger partial charge < -0.3 is 9.32 Å². The van der Waals surface area contributed by atoms with Gasteiger partial charge in [0.1, 0.15) is 5.82 Å². The summed E-state index contributed by atoms with van der Waals surface area (Å²) in [5.74, 6) is 1.61. The van der Waals surface area contributed by atoms with Gasteiger partial charge in [-0.25, -0.2) is 4.39 Å². The fraction of sp³-hybridized carbons (Fsp3) is 0.571. The van der Waals surface area contributed by atoms with Gasteiger partial charge in [0.25, 0.3) is 0 Å². The molecule has 7 heteroatoms. The first-order chi connectivity index (χ1) is 13.7. The number of carbonyl (C=O) groups is 1. The molecule has 2 aromatic rings. The van der Waals surface area contributed by atoms with Crippen molar-refractivity contribution in [2.45, 2.75) is 44.7 Å². The van der Waals surface area contributed by atoms with Crippen LogP contribution in [-0.4, -0.2) is 51.6 Å². The van der Waals surface area contributed by atoms with E-state index < -0.39 is 0 Å². The molecular formula is C21H25FN4O2. The van der Waals surface area contributed by atoms with Crippen molar-refractivity contribution in [3.63, 3.8) is 0 Å². The van der Waals surface area contributed by atoms with Crippen molar-refractivity contribution in [1.82, 2.24) is 20.0 Å². The van der Waals surface area contributed by atoms with E-state index in [1.165, 1.54) is 31.4 Å². The second-order valence-corrected chi connectivity index (χ2v) is 8.42. The number of rotatable bonds is 5. The molecule has 148 valence electrons. The number of carbonyl (C=O) groups excluding carboxylic acids is 1. The van der Waals surface area contributed by atoms with Crippen LogP contribution in [0.15, 0.2) is 28.7 Å². The summed E-state index contributed by atoms with van der Waals surface area (Å²) in [6, 6.07) is 6.45. The lowest BCUT2D eigenvalue weighted by molar-refractivity contribution is -0.141. The Balaban J connectivity index is 1.28. The SMILES string of the molecule is O=C1C2CCC(CN(Cc3nnc(-c4cccc(F)c4)o3)C2)N1CC1CCC1. The molecule has 4 aliphatic rings. The highest BCUT2D eigenvalue weighted by Gasteiger charge is 2.41. The summed E-state index contributed by atoms with van der Waals surface area (Å²) in [6.07, 6.45) is 5.88. The Hall–Kier alpha value is -2.28. The van der Waals surface area contributed by atoms with Crippen LogP contribution in [-0.2, 0) is 11.3 Å². The highest BCUT2D eigenvalue weighted by molar-refractivity contribution is 5.80. The minimum atomic E-state index is -0.327. The van der Waals surface area contributed by atoms with Crippen LogP contribution >= 0.6 is 0 Å². The maximum absolute atomic E-state index is 13.4. The number of amides is 1. The molecule has 6 nitrogen and oxygen atoms in total. The van der Waals surface area contributed by atoms with Gasteiger partial charge in [-0.05, 0) is 49.8 Å². The van der Waals surface area contributed by atoms with Gasteiger partial charge in [0.05, 0.1) is 12.5 Å². The van der Waals surface area contributed by atoms with Crippen LogP contribution in [0.2, 0.25) is 0 Å². The number of piperidine rings is 1. The second-order valence-electron chi connectivity index (χ2n) is 8.42. The average Bonchev–Trinajstić information content (AvgIpc) is 2.95. The summed E-state index contributed by atoms with van der Waals surface area (Å²) in [6.45, 7) is 3.05. The number of aromatic nitrogens is 2. The summed E-state index contributed by atoms with van der Waals surface area (Å²) in [4.78, 5) is 17.3. The van der Waals surface area contributed by atoms with E-state index in [-0.39, 0.29) is 17.8 Å². The molecule has 4 heterocycles. The molecule has 0 spiro atoms. The molecule has 6 rings (SSSR count). The lowest BCUT2D eigenvalue weighted by Crippen LogP contribution is -2.50. The number of hydrogen-bond donors (Lipinski definition) is 0. The van der Waals surface area contributed by atoms with Crippen LogP contribution in [0.4, 0.5) is 4.39 Å². The van der Waals surface area contributed by atoms with Crippen molar-refractivity contribution < 1.29 is 13.6 Å². The third-order valence-corrected chi connectivity index (χ3v) is 6.45. The van der Waals surface area contributed by atoms with Crippen LogP contribution in [0.3, 0.4) is 0 Å². The van der Waals surface area contributed by atoms with Crippen molar-refractivity contribution in [1.29, 1.82) is 0 Å². The van der Waals surface area contributed by atoms with E-state index in [4.69, 9.17) is 4.42 Å². The molecule has 2 bridgehead atoms. The van der Waals surface area contributed by atoms with Gasteiger partial charge in [-0.2, -0.15) is 0 Å². The van der Waals surface area contributed by atoms with E-state index in [9.17, 15) is 9.18 Å². The zero-order chi connectivity index (χ0) is 19.1. The van der Waals surface area contributed by atoms with Gasteiger partial charge in [0.2, 0.25) is 17.7 Å². The Labute approximate surface area is 163 Å². The average molecular weight is 384 g/mol. The maximum atomic E-state index is 13.4. The third kappa shape index (κ3) is 3.43. The van der Waals surface area contributed by atoms with E-state index >= 15 is 0 Å². The fourth-order valence-corrected chi connectivity index (χ4v) is 4.70. The third-order valence-electron chi connectivity index (χ3n) is 6.45. The zero-order valence-corrected chi connectivity index (χ0v) is 15.9. The molecule has 4 fully saturated rings. The van der Waals surface area contributed by atoms with Crippen LogP contribution < -0.4 is 0 Å². The first kappa shape index (κ1) is 17.8. The van der Waals surface area contributed by atoms with Crippen LogP contribution in [0.5, 0.6) is 0 Å². The molecular weight excluding hydrogens is 359 g/mol. The Morgan fingerprint density at radius 3 is 2.82 bits per heavy atom. The quantitative estimate of drug-likeness (QED) is 0.793. The molecule has 0 N–H and O–H groups in total. The minimum absolute atomic E-state index is 0.0736. The van der Waals surface area contributed by atoms with Crippen LogP contribution in [0.1, 0.15) is 38.0 Å². The molecule has 2 atom stereocenters. The molecule has 1 aliphatic carbocycles. The topological polar surface area (TPSA) is 62.5 Å². The summed E-state index contributed by atoms with van der Waals surface area (Å²) >= 11 is 0. The van der Waals surface area contributed by atoms with Crippen molar-refractivity contribution in [2.24, 2.45) is 11.8 Å². The second kappa shape index (κ2) is 7.28. The van der Waals surface area contributed by atoms with Gasteiger partial charge in [-0.3, -0.25) is 9.69 Å². The van der Waals surface area contributed by atoms with Crippen molar-refractivity contribution >= 4 is 5.91 Å². The number of fused-ring (bicyclic) bond motifs is 4.